The molecule has 3 aliphatic heterocycles. The summed E-state index contributed by atoms with van der Waals surface area (Å²) in [6, 6.07) is 10.4. The molecule has 0 unspecified atom stereocenters. The summed E-state index contributed by atoms with van der Waals surface area (Å²) in [6.45, 7) is 2.89. The second-order valence-electron chi connectivity index (χ2n) is 6.85. The third kappa shape index (κ3) is 2.99. The van der Waals surface area contributed by atoms with Crippen LogP contribution in [0.15, 0.2) is 30.3 Å². The van der Waals surface area contributed by atoms with E-state index in [-0.39, 0.29) is 18.2 Å². The van der Waals surface area contributed by atoms with Crippen LogP contribution in [-0.4, -0.2) is 39.7 Å². The Morgan fingerprint density at radius 1 is 1.21 bits per heavy atom. The number of thioether (sulfide) groups is 2. The third-order valence-corrected chi connectivity index (χ3v) is 8.73. The van der Waals surface area contributed by atoms with Crippen molar-refractivity contribution in [2.45, 2.75) is 43.0 Å². The molecule has 24 heavy (non-hydrogen) atoms. The highest BCUT2D eigenvalue weighted by Gasteiger charge is 2.51. The van der Waals surface area contributed by atoms with Gasteiger partial charge < -0.3 is 9.64 Å². The number of carbonyl (C=O) groups excluding carboxylic acids is 1. The van der Waals surface area contributed by atoms with Crippen molar-refractivity contribution in [1.82, 2.24) is 4.90 Å². The number of piperidine rings is 1. The zero-order valence-electron chi connectivity index (χ0n) is 14.1. The standard InChI is InChI=1S/C19H25NO2S2/c1-2-14-15(19-23-9-6-10-24-19)11-17(21)20-16(12-22-18(14)20)13-7-4-3-5-8-13/h3-5,7-8,14-16,18-19H,2,6,9-12H2,1H3/t14-,15+,16-,18+/m0/s1. The van der Waals surface area contributed by atoms with Crippen molar-refractivity contribution in [3.8, 4) is 0 Å². The lowest BCUT2D eigenvalue weighted by Gasteiger charge is -2.45. The van der Waals surface area contributed by atoms with E-state index in [0.29, 0.717) is 29.4 Å². The van der Waals surface area contributed by atoms with Crippen LogP contribution in [0.1, 0.15) is 37.8 Å². The molecule has 0 N–H and O–H groups in total. The summed E-state index contributed by atoms with van der Waals surface area (Å²) >= 11 is 4.12. The molecule has 1 aromatic carbocycles. The van der Waals surface area contributed by atoms with Crippen LogP contribution >= 0.6 is 23.5 Å². The SMILES string of the molecule is CC[C@@H]1[C@H]2OC[C@@H](c3ccccc3)N2C(=O)C[C@H]1C1SCCCS1. The summed E-state index contributed by atoms with van der Waals surface area (Å²) < 4.78 is 6.77. The van der Waals surface area contributed by atoms with Gasteiger partial charge in [-0.15, -0.1) is 23.5 Å². The van der Waals surface area contributed by atoms with Gasteiger partial charge in [0.05, 0.1) is 17.2 Å². The molecule has 0 aliphatic carbocycles. The van der Waals surface area contributed by atoms with E-state index in [0.717, 1.165) is 6.42 Å². The Hall–Kier alpha value is -0.650. The predicted octanol–water partition coefficient (Wildman–Crippen LogP) is 4.15. The van der Waals surface area contributed by atoms with Crippen molar-refractivity contribution in [1.29, 1.82) is 0 Å². The first kappa shape index (κ1) is 16.8. The average molecular weight is 364 g/mol. The molecule has 3 aliphatic rings. The van der Waals surface area contributed by atoms with Crippen molar-refractivity contribution >= 4 is 29.4 Å². The molecular formula is C19H25NO2S2. The van der Waals surface area contributed by atoms with E-state index in [1.165, 1.54) is 23.5 Å². The molecule has 0 aromatic heterocycles. The molecule has 4 atom stereocenters. The number of amides is 1. The number of carbonyl (C=O) groups is 1. The molecule has 3 saturated heterocycles. The molecular weight excluding hydrogens is 338 g/mol. The number of fused-ring (bicyclic) bond motifs is 1. The predicted molar refractivity (Wildman–Crippen MR) is 101 cm³/mol. The molecule has 0 radical (unpaired) electrons. The number of hydrogen-bond donors (Lipinski definition) is 0. The van der Waals surface area contributed by atoms with Gasteiger partial charge in [0.15, 0.2) is 0 Å². The Kier molecular flexibility index (Phi) is 5.11. The first-order valence-electron chi connectivity index (χ1n) is 9.00. The van der Waals surface area contributed by atoms with Gasteiger partial charge in [-0.1, -0.05) is 37.3 Å². The van der Waals surface area contributed by atoms with Crippen molar-refractivity contribution in [2.24, 2.45) is 11.8 Å². The molecule has 5 heteroatoms. The minimum atomic E-state index is -0.0328. The molecule has 3 fully saturated rings. The molecule has 3 heterocycles. The van der Waals surface area contributed by atoms with Crippen LogP contribution in [0.25, 0.3) is 0 Å². The van der Waals surface area contributed by atoms with E-state index in [1.807, 2.05) is 18.2 Å². The van der Waals surface area contributed by atoms with Gasteiger partial charge in [0.2, 0.25) is 5.91 Å². The van der Waals surface area contributed by atoms with Crippen LogP contribution in [-0.2, 0) is 9.53 Å². The van der Waals surface area contributed by atoms with E-state index in [9.17, 15) is 4.79 Å². The zero-order valence-corrected chi connectivity index (χ0v) is 15.7. The fourth-order valence-corrected chi connectivity index (χ4v) is 7.65. The topological polar surface area (TPSA) is 29.5 Å². The Morgan fingerprint density at radius 3 is 2.67 bits per heavy atom. The first-order valence-corrected chi connectivity index (χ1v) is 11.1. The van der Waals surface area contributed by atoms with E-state index in [1.54, 1.807) is 0 Å². The lowest BCUT2D eigenvalue weighted by molar-refractivity contribution is -0.152. The smallest absolute Gasteiger partial charge is 0.225 e. The van der Waals surface area contributed by atoms with E-state index in [2.05, 4.69) is 47.5 Å². The number of benzene rings is 1. The fraction of sp³-hybridized carbons (Fsp3) is 0.632. The van der Waals surface area contributed by atoms with Crippen molar-refractivity contribution in [3.05, 3.63) is 35.9 Å². The Bertz CT molecular complexity index is 576. The number of rotatable bonds is 3. The number of hydrogen-bond acceptors (Lipinski definition) is 4. The van der Waals surface area contributed by atoms with Crippen LogP contribution in [0.5, 0.6) is 0 Å². The van der Waals surface area contributed by atoms with Crippen LogP contribution < -0.4 is 0 Å². The minimum absolute atomic E-state index is 0.0328. The lowest BCUT2D eigenvalue weighted by atomic mass is 9.82. The van der Waals surface area contributed by atoms with Gasteiger partial charge in [-0.25, -0.2) is 0 Å². The van der Waals surface area contributed by atoms with Gasteiger partial charge in [-0.3, -0.25) is 4.79 Å². The molecule has 1 aromatic rings. The Balaban J connectivity index is 1.58. The summed E-state index contributed by atoms with van der Waals surface area (Å²) in [5.41, 5.74) is 1.20. The van der Waals surface area contributed by atoms with Crippen molar-refractivity contribution in [2.75, 3.05) is 18.1 Å². The van der Waals surface area contributed by atoms with Gasteiger partial charge >= 0.3 is 0 Å². The normalized spacial score (nSPS) is 34.4. The highest BCUT2D eigenvalue weighted by Crippen LogP contribution is 2.49. The van der Waals surface area contributed by atoms with Gasteiger partial charge in [-0.05, 0) is 35.8 Å². The van der Waals surface area contributed by atoms with Gasteiger partial charge in [0.1, 0.15) is 6.23 Å². The largest absolute Gasteiger partial charge is 0.355 e. The van der Waals surface area contributed by atoms with E-state index >= 15 is 0 Å². The van der Waals surface area contributed by atoms with Crippen molar-refractivity contribution in [3.63, 3.8) is 0 Å². The second-order valence-corrected chi connectivity index (χ2v) is 9.65. The highest BCUT2D eigenvalue weighted by molar-refractivity contribution is 8.17. The summed E-state index contributed by atoms with van der Waals surface area (Å²) in [7, 11) is 0. The lowest BCUT2D eigenvalue weighted by Crippen LogP contribution is -2.52. The van der Waals surface area contributed by atoms with Gasteiger partial charge in [-0.2, -0.15) is 0 Å². The maximum absolute atomic E-state index is 13.0. The Morgan fingerprint density at radius 2 is 1.96 bits per heavy atom. The molecule has 0 spiro atoms. The monoisotopic (exact) mass is 363 g/mol. The fourth-order valence-electron chi connectivity index (χ4n) is 4.33. The molecule has 0 saturated carbocycles. The Labute approximate surface area is 152 Å². The van der Waals surface area contributed by atoms with E-state index < -0.39 is 0 Å². The third-order valence-electron chi connectivity index (χ3n) is 5.51. The quantitative estimate of drug-likeness (QED) is 0.807. The summed E-state index contributed by atoms with van der Waals surface area (Å²) in [6.07, 6.45) is 3.03. The molecule has 130 valence electrons. The van der Waals surface area contributed by atoms with Crippen molar-refractivity contribution < 1.29 is 9.53 Å². The molecule has 0 bridgehead atoms. The summed E-state index contributed by atoms with van der Waals surface area (Å²) in [5, 5.41) is 0. The molecule has 1 amide bonds. The van der Waals surface area contributed by atoms with Crippen LogP contribution in [0.4, 0.5) is 0 Å². The van der Waals surface area contributed by atoms with Crippen LogP contribution in [0, 0.1) is 11.8 Å². The second kappa shape index (κ2) is 7.30. The van der Waals surface area contributed by atoms with Gasteiger partial charge in [0, 0.05) is 12.3 Å². The maximum atomic E-state index is 13.0. The maximum Gasteiger partial charge on any atom is 0.225 e. The number of nitrogens with zero attached hydrogens (tertiary/aromatic N) is 1. The number of ether oxygens (including phenoxy) is 1. The van der Waals surface area contributed by atoms with Gasteiger partial charge in [0.25, 0.3) is 0 Å². The van der Waals surface area contributed by atoms with Crippen LogP contribution in [0.3, 0.4) is 0 Å². The van der Waals surface area contributed by atoms with E-state index in [4.69, 9.17) is 4.74 Å². The molecule has 3 nitrogen and oxygen atoms in total. The molecule has 4 rings (SSSR count). The highest BCUT2D eigenvalue weighted by atomic mass is 32.2. The average Bonchev–Trinajstić information content (AvgIpc) is 3.09. The summed E-state index contributed by atoms with van der Waals surface area (Å²) in [5.74, 6) is 3.67. The minimum Gasteiger partial charge on any atom is -0.355 e. The van der Waals surface area contributed by atoms with Crippen LogP contribution in [0.2, 0.25) is 0 Å². The zero-order chi connectivity index (χ0) is 16.5. The summed E-state index contributed by atoms with van der Waals surface area (Å²) in [4.78, 5) is 15.1. The first-order chi connectivity index (χ1) is 11.8.